The van der Waals surface area contributed by atoms with Crippen LogP contribution >= 0.6 is 11.3 Å². The van der Waals surface area contributed by atoms with Crippen LogP contribution in [0.2, 0.25) is 0 Å². The number of nitrogens with one attached hydrogen (secondary N) is 2. The molecule has 2 N–H and O–H groups in total. The lowest BCUT2D eigenvalue weighted by atomic mass is 10.2. The summed E-state index contributed by atoms with van der Waals surface area (Å²) in [6.07, 6.45) is -0.412. The normalized spacial score (nSPS) is 18.0. The van der Waals surface area contributed by atoms with Crippen LogP contribution in [-0.4, -0.2) is 42.6 Å². The first-order chi connectivity index (χ1) is 14.8. The summed E-state index contributed by atoms with van der Waals surface area (Å²) < 4.78 is 49.4. The van der Waals surface area contributed by atoms with Crippen molar-refractivity contribution in [3.8, 4) is 10.7 Å². The summed E-state index contributed by atoms with van der Waals surface area (Å²) in [4.78, 5) is 29.0. The lowest BCUT2D eigenvalue weighted by Crippen LogP contribution is -2.30. The monoisotopic (exact) mass is 468 g/mol. The third-order valence-electron chi connectivity index (χ3n) is 4.35. The van der Waals surface area contributed by atoms with Crippen molar-refractivity contribution < 1.29 is 31.3 Å². The molecule has 10 nitrogen and oxygen atoms in total. The number of hydrogen-bond acceptors (Lipinski definition) is 9. The van der Waals surface area contributed by atoms with E-state index in [1.54, 1.807) is 0 Å². The molecule has 3 aromatic rings. The first-order valence-corrected chi connectivity index (χ1v) is 11.6. The number of nitrogens with zero attached hydrogens (tertiary/aromatic N) is 2. The molecule has 0 saturated heterocycles. The van der Waals surface area contributed by atoms with Crippen molar-refractivity contribution in [2.75, 3.05) is 0 Å². The summed E-state index contributed by atoms with van der Waals surface area (Å²) in [5.74, 6) is -0.965. The van der Waals surface area contributed by atoms with Crippen molar-refractivity contribution in [3.63, 3.8) is 0 Å². The van der Waals surface area contributed by atoms with Gasteiger partial charge in [0.15, 0.2) is 5.76 Å². The van der Waals surface area contributed by atoms with Crippen LogP contribution in [-0.2, 0) is 21.2 Å². The fourth-order valence-corrected chi connectivity index (χ4v) is 4.25. The fraction of sp³-hybridized carbons (Fsp3) is 0.333. The summed E-state index contributed by atoms with van der Waals surface area (Å²) in [6, 6.07) is 5.32. The van der Waals surface area contributed by atoms with Crippen LogP contribution < -0.4 is 10.0 Å². The SMILES string of the molecule is O=C(CCCc1nc(-c2cccs2)no1)NS(=O)(=O)c1ccc(C(=O)N[C@H]2C[C@H]2F)o1. The molecule has 3 aromatic heterocycles. The van der Waals surface area contributed by atoms with E-state index in [-0.39, 0.29) is 25.0 Å². The van der Waals surface area contributed by atoms with Crippen LogP contribution in [0, 0.1) is 0 Å². The van der Waals surface area contributed by atoms with Crippen LogP contribution in [0.1, 0.15) is 35.7 Å². The first kappa shape index (κ1) is 21.2. The van der Waals surface area contributed by atoms with Gasteiger partial charge < -0.3 is 14.3 Å². The summed E-state index contributed by atoms with van der Waals surface area (Å²) >= 11 is 1.47. The molecule has 164 valence electrons. The number of halogens is 1. The van der Waals surface area contributed by atoms with E-state index in [1.807, 2.05) is 22.2 Å². The number of furan rings is 1. The molecule has 1 aliphatic rings. The Morgan fingerprint density at radius 1 is 1.29 bits per heavy atom. The van der Waals surface area contributed by atoms with Gasteiger partial charge in [-0.1, -0.05) is 11.2 Å². The van der Waals surface area contributed by atoms with Gasteiger partial charge in [-0.2, -0.15) is 13.4 Å². The van der Waals surface area contributed by atoms with Crippen molar-refractivity contribution in [2.24, 2.45) is 0 Å². The highest BCUT2D eigenvalue weighted by Gasteiger charge is 2.39. The van der Waals surface area contributed by atoms with Gasteiger partial charge in [-0.25, -0.2) is 9.11 Å². The lowest BCUT2D eigenvalue weighted by Gasteiger charge is -2.04. The number of amides is 2. The van der Waals surface area contributed by atoms with Crippen molar-refractivity contribution in [3.05, 3.63) is 41.3 Å². The third-order valence-corrected chi connectivity index (χ3v) is 6.46. The van der Waals surface area contributed by atoms with Gasteiger partial charge in [0.05, 0.1) is 10.9 Å². The van der Waals surface area contributed by atoms with Gasteiger partial charge in [0.2, 0.25) is 22.7 Å². The smallest absolute Gasteiger partial charge is 0.297 e. The first-order valence-electron chi connectivity index (χ1n) is 9.29. The Morgan fingerprint density at radius 2 is 2.10 bits per heavy atom. The second-order valence-corrected chi connectivity index (χ2v) is 9.38. The van der Waals surface area contributed by atoms with Crippen LogP contribution in [0.3, 0.4) is 0 Å². The van der Waals surface area contributed by atoms with E-state index >= 15 is 0 Å². The zero-order chi connectivity index (χ0) is 22.0. The predicted octanol–water partition coefficient (Wildman–Crippen LogP) is 2.06. The van der Waals surface area contributed by atoms with Gasteiger partial charge in [-0.05, 0) is 30.0 Å². The van der Waals surface area contributed by atoms with Crippen LogP contribution in [0.15, 0.2) is 43.7 Å². The molecule has 0 unspecified atom stereocenters. The molecule has 13 heteroatoms. The maximum Gasteiger partial charge on any atom is 0.297 e. The Morgan fingerprint density at radius 3 is 2.81 bits per heavy atom. The number of aryl methyl sites for hydroxylation is 1. The van der Waals surface area contributed by atoms with Gasteiger partial charge in [-0.3, -0.25) is 9.59 Å². The molecular formula is C18H17FN4O6S2. The Balaban J connectivity index is 1.26. The molecule has 2 amide bonds. The summed E-state index contributed by atoms with van der Waals surface area (Å²) in [5, 5.41) is 7.53. The van der Waals surface area contributed by atoms with Crippen LogP contribution in [0.4, 0.5) is 4.39 Å². The van der Waals surface area contributed by atoms with Gasteiger partial charge in [-0.15, -0.1) is 11.3 Å². The molecule has 2 atom stereocenters. The topological polar surface area (TPSA) is 144 Å². The van der Waals surface area contributed by atoms with Crippen molar-refractivity contribution >= 4 is 33.2 Å². The Labute approximate surface area is 179 Å². The van der Waals surface area contributed by atoms with Gasteiger partial charge >= 0.3 is 0 Å². The molecule has 3 heterocycles. The minimum atomic E-state index is -4.29. The minimum Gasteiger partial charge on any atom is -0.438 e. The molecule has 1 aliphatic carbocycles. The predicted molar refractivity (Wildman–Crippen MR) is 105 cm³/mol. The standard InChI is InChI=1S/C18H17FN4O6S2/c19-10-9-11(10)20-18(25)12-6-7-16(28-12)31(26,27)23-14(24)4-1-5-15-21-17(22-29-15)13-3-2-8-30-13/h2-3,6-8,10-11H,1,4-5,9H2,(H,20,25)(H,23,24)/t10-,11+/m1/s1. The number of hydrogen-bond donors (Lipinski definition) is 2. The second kappa shape index (κ2) is 8.59. The van der Waals surface area contributed by atoms with E-state index in [4.69, 9.17) is 8.94 Å². The number of aromatic nitrogens is 2. The van der Waals surface area contributed by atoms with Crippen molar-refractivity contribution in [2.45, 2.75) is 43.0 Å². The summed E-state index contributed by atoms with van der Waals surface area (Å²) in [7, 11) is -4.29. The Bertz CT molecular complexity index is 1190. The fourth-order valence-electron chi connectivity index (χ4n) is 2.65. The molecule has 0 bridgehead atoms. The molecule has 0 aromatic carbocycles. The number of alkyl halides is 1. The Hall–Kier alpha value is -3.06. The van der Waals surface area contributed by atoms with E-state index in [9.17, 15) is 22.4 Å². The molecule has 0 aliphatic heterocycles. The highest BCUT2D eigenvalue weighted by atomic mass is 32.2. The molecule has 4 rings (SSSR count). The molecule has 0 radical (unpaired) electrons. The molecule has 1 fully saturated rings. The summed E-state index contributed by atoms with van der Waals surface area (Å²) in [6.45, 7) is 0. The van der Waals surface area contributed by atoms with E-state index in [1.165, 1.54) is 11.3 Å². The molecule has 31 heavy (non-hydrogen) atoms. The van der Waals surface area contributed by atoms with Gasteiger partial charge in [0.25, 0.3) is 15.9 Å². The van der Waals surface area contributed by atoms with Crippen molar-refractivity contribution in [1.29, 1.82) is 0 Å². The molecule has 1 saturated carbocycles. The van der Waals surface area contributed by atoms with Crippen molar-refractivity contribution in [1.82, 2.24) is 20.2 Å². The maximum atomic E-state index is 12.9. The van der Waals surface area contributed by atoms with E-state index in [0.717, 1.165) is 17.0 Å². The van der Waals surface area contributed by atoms with Crippen LogP contribution in [0.5, 0.6) is 0 Å². The minimum absolute atomic E-state index is 0.108. The van der Waals surface area contributed by atoms with Gasteiger partial charge in [0.1, 0.15) is 6.17 Å². The van der Waals surface area contributed by atoms with Gasteiger partial charge in [0, 0.05) is 19.3 Å². The molecule has 0 spiro atoms. The lowest BCUT2D eigenvalue weighted by molar-refractivity contribution is -0.119. The Kier molecular flexibility index (Phi) is 5.87. The number of carbonyl (C=O) groups is 2. The maximum absolute atomic E-state index is 12.9. The largest absolute Gasteiger partial charge is 0.438 e. The third kappa shape index (κ3) is 5.17. The number of thiophene rings is 1. The van der Waals surface area contributed by atoms with Crippen LogP contribution in [0.25, 0.3) is 10.7 Å². The van der Waals surface area contributed by atoms with E-state index in [0.29, 0.717) is 18.1 Å². The number of sulfonamides is 1. The average Bonchev–Trinajstić information content (AvgIpc) is 3.25. The van der Waals surface area contributed by atoms with E-state index < -0.39 is 39.1 Å². The number of carbonyl (C=O) groups excluding carboxylic acids is 2. The van der Waals surface area contributed by atoms with E-state index in [2.05, 4.69) is 15.5 Å². The average molecular weight is 468 g/mol. The number of rotatable bonds is 9. The highest BCUT2D eigenvalue weighted by molar-refractivity contribution is 7.89. The quantitative estimate of drug-likeness (QED) is 0.485. The zero-order valence-electron chi connectivity index (χ0n) is 15.9. The summed E-state index contributed by atoms with van der Waals surface area (Å²) in [5.41, 5.74) is 0. The zero-order valence-corrected chi connectivity index (χ0v) is 17.5. The molecular weight excluding hydrogens is 451 g/mol. The highest BCUT2D eigenvalue weighted by Crippen LogP contribution is 2.25. The second-order valence-electron chi connectivity index (χ2n) is 6.82.